The summed E-state index contributed by atoms with van der Waals surface area (Å²) in [5.41, 5.74) is 2.62. The van der Waals surface area contributed by atoms with Crippen molar-refractivity contribution in [1.82, 2.24) is 0 Å². The van der Waals surface area contributed by atoms with E-state index >= 15 is 0 Å². The van der Waals surface area contributed by atoms with Gasteiger partial charge in [-0.2, -0.15) is 0 Å². The second kappa shape index (κ2) is 2.42. The Labute approximate surface area is 66.0 Å². The Bertz CT molecular complexity index is 291. The number of rotatable bonds is 1. The summed E-state index contributed by atoms with van der Waals surface area (Å²) in [5, 5.41) is 0. The van der Waals surface area contributed by atoms with Crippen molar-refractivity contribution in [1.29, 1.82) is 0 Å². The zero-order valence-corrected chi connectivity index (χ0v) is 6.45. The summed E-state index contributed by atoms with van der Waals surface area (Å²) >= 11 is 0. The van der Waals surface area contributed by atoms with E-state index in [1.54, 1.807) is 12.5 Å². The predicted molar refractivity (Wildman–Crippen MR) is 44.3 cm³/mol. The second-order valence-electron chi connectivity index (χ2n) is 2.83. The van der Waals surface area contributed by atoms with Crippen molar-refractivity contribution in [2.24, 2.45) is 0 Å². The molecule has 0 saturated carbocycles. The summed E-state index contributed by atoms with van der Waals surface area (Å²) in [6.45, 7) is 2.14. The fraction of sp³-hybridized carbons (Fsp3) is 0.200. The molecule has 1 aliphatic rings. The van der Waals surface area contributed by atoms with E-state index in [-0.39, 0.29) is 0 Å². The molecule has 0 spiro atoms. The van der Waals surface area contributed by atoms with Gasteiger partial charge in [0.2, 0.25) is 0 Å². The Kier molecular flexibility index (Phi) is 1.42. The van der Waals surface area contributed by atoms with Crippen LogP contribution in [0.4, 0.5) is 0 Å². The van der Waals surface area contributed by atoms with E-state index in [4.69, 9.17) is 4.42 Å². The van der Waals surface area contributed by atoms with Crippen LogP contribution in [-0.4, -0.2) is 0 Å². The molecule has 0 aromatic carbocycles. The highest BCUT2D eigenvalue weighted by atomic mass is 16.3. The van der Waals surface area contributed by atoms with E-state index in [1.807, 2.05) is 6.07 Å². The van der Waals surface area contributed by atoms with Gasteiger partial charge in [-0.25, -0.2) is 0 Å². The lowest BCUT2D eigenvalue weighted by molar-refractivity contribution is 0.563. The van der Waals surface area contributed by atoms with Crippen molar-refractivity contribution in [2.75, 3.05) is 0 Å². The smallest absolute Gasteiger partial charge is 0.0943 e. The molecule has 11 heavy (non-hydrogen) atoms. The molecule has 0 N–H and O–H groups in total. The third kappa shape index (κ3) is 1.03. The van der Waals surface area contributed by atoms with Crippen LogP contribution < -0.4 is 0 Å². The van der Waals surface area contributed by atoms with Crippen molar-refractivity contribution in [2.45, 2.75) is 12.8 Å². The summed E-state index contributed by atoms with van der Waals surface area (Å²) in [4.78, 5) is 0. The molecule has 0 aliphatic heterocycles. The molecule has 1 aromatic rings. The van der Waals surface area contributed by atoms with Gasteiger partial charge in [0.25, 0.3) is 0 Å². The first-order valence-electron chi connectivity index (χ1n) is 3.75. The highest BCUT2D eigenvalue weighted by Gasteiger charge is 2.13. The van der Waals surface area contributed by atoms with E-state index in [0.29, 0.717) is 5.92 Å². The molecule has 0 radical (unpaired) electrons. The molecule has 0 saturated heterocycles. The Morgan fingerprint density at radius 2 is 2.36 bits per heavy atom. The summed E-state index contributed by atoms with van der Waals surface area (Å²) in [7, 11) is 0. The van der Waals surface area contributed by atoms with Crippen molar-refractivity contribution in [3.8, 4) is 0 Å². The lowest BCUT2D eigenvalue weighted by Gasteiger charge is -2.05. The molecule has 1 atom stereocenters. The molecule has 0 fully saturated rings. The molecule has 0 amide bonds. The Morgan fingerprint density at radius 3 is 2.91 bits per heavy atom. The zero-order chi connectivity index (χ0) is 7.68. The first kappa shape index (κ1) is 6.47. The average molecular weight is 146 g/mol. The molecule has 2 rings (SSSR count). The van der Waals surface area contributed by atoms with Gasteiger partial charge < -0.3 is 4.42 Å². The number of allylic oxidation sites excluding steroid dienone is 4. The van der Waals surface area contributed by atoms with Crippen molar-refractivity contribution >= 4 is 0 Å². The minimum atomic E-state index is 0.453. The molecule has 0 bridgehead atoms. The highest BCUT2D eigenvalue weighted by molar-refractivity contribution is 5.38. The maximum atomic E-state index is 5.01. The first-order valence-corrected chi connectivity index (χ1v) is 3.75. The van der Waals surface area contributed by atoms with Crippen LogP contribution in [0.3, 0.4) is 0 Å². The van der Waals surface area contributed by atoms with Crippen LogP contribution in [0.2, 0.25) is 0 Å². The standard InChI is InChI=1S/C10H10O/c1-8-3-2-4-10(8)9-5-6-11-7-9/h2-7,10H,1H3. The molecule has 1 nitrogen and oxygen atoms in total. The molecule has 1 unspecified atom stereocenters. The fourth-order valence-electron chi connectivity index (χ4n) is 1.40. The van der Waals surface area contributed by atoms with Gasteiger partial charge in [0.15, 0.2) is 0 Å². The van der Waals surface area contributed by atoms with Gasteiger partial charge in [-0.1, -0.05) is 23.8 Å². The van der Waals surface area contributed by atoms with E-state index < -0.39 is 0 Å². The molecular formula is C10H10O. The molecular weight excluding hydrogens is 136 g/mol. The van der Waals surface area contributed by atoms with Gasteiger partial charge >= 0.3 is 0 Å². The van der Waals surface area contributed by atoms with Crippen LogP contribution in [0.25, 0.3) is 0 Å². The van der Waals surface area contributed by atoms with Crippen molar-refractivity contribution in [3.05, 3.63) is 48.0 Å². The van der Waals surface area contributed by atoms with Gasteiger partial charge in [0.05, 0.1) is 12.5 Å². The minimum absolute atomic E-state index is 0.453. The molecule has 56 valence electrons. The van der Waals surface area contributed by atoms with Gasteiger partial charge in [0, 0.05) is 11.5 Å². The maximum absolute atomic E-state index is 5.01. The third-order valence-electron chi connectivity index (χ3n) is 2.06. The Morgan fingerprint density at radius 1 is 1.45 bits per heavy atom. The summed E-state index contributed by atoms with van der Waals surface area (Å²) < 4.78 is 5.01. The molecule has 1 aliphatic carbocycles. The van der Waals surface area contributed by atoms with Gasteiger partial charge in [-0.3, -0.25) is 0 Å². The van der Waals surface area contributed by atoms with Crippen molar-refractivity contribution < 1.29 is 4.42 Å². The highest BCUT2D eigenvalue weighted by Crippen LogP contribution is 2.29. The normalized spacial score (nSPS) is 22.3. The van der Waals surface area contributed by atoms with Gasteiger partial charge in [-0.15, -0.1) is 0 Å². The minimum Gasteiger partial charge on any atom is -0.472 e. The topological polar surface area (TPSA) is 13.1 Å². The predicted octanol–water partition coefficient (Wildman–Crippen LogP) is 2.88. The lowest BCUT2D eigenvalue weighted by Crippen LogP contribution is -1.90. The summed E-state index contributed by atoms with van der Waals surface area (Å²) in [6, 6.07) is 2.01. The first-order chi connectivity index (χ1) is 5.38. The van der Waals surface area contributed by atoms with Crippen LogP contribution in [-0.2, 0) is 0 Å². The molecule has 1 aromatic heterocycles. The maximum Gasteiger partial charge on any atom is 0.0943 e. The van der Waals surface area contributed by atoms with Crippen LogP contribution in [0.5, 0.6) is 0 Å². The quantitative estimate of drug-likeness (QED) is 0.593. The monoisotopic (exact) mass is 146 g/mol. The Balaban J connectivity index is 2.32. The largest absolute Gasteiger partial charge is 0.472 e. The lowest BCUT2D eigenvalue weighted by atomic mass is 9.98. The van der Waals surface area contributed by atoms with E-state index in [2.05, 4.69) is 25.2 Å². The second-order valence-corrected chi connectivity index (χ2v) is 2.83. The van der Waals surface area contributed by atoms with E-state index in [9.17, 15) is 0 Å². The van der Waals surface area contributed by atoms with E-state index in [0.717, 1.165) is 0 Å². The zero-order valence-electron chi connectivity index (χ0n) is 6.45. The number of hydrogen-bond donors (Lipinski definition) is 0. The van der Waals surface area contributed by atoms with Gasteiger partial charge in [-0.05, 0) is 13.0 Å². The SMILES string of the molecule is CC1=CC=CC1c1ccoc1. The number of hydrogen-bond acceptors (Lipinski definition) is 1. The van der Waals surface area contributed by atoms with Crippen LogP contribution >= 0.6 is 0 Å². The third-order valence-corrected chi connectivity index (χ3v) is 2.06. The fourth-order valence-corrected chi connectivity index (χ4v) is 1.40. The van der Waals surface area contributed by atoms with Crippen LogP contribution in [0.15, 0.2) is 46.8 Å². The molecule has 1 heterocycles. The average Bonchev–Trinajstić information content (AvgIpc) is 2.55. The summed E-state index contributed by atoms with van der Waals surface area (Å²) in [6.07, 6.45) is 9.93. The van der Waals surface area contributed by atoms with Gasteiger partial charge in [0.1, 0.15) is 0 Å². The number of furan rings is 1. The summed E-state index contributed by atoms with van der Waals surface area (Å²) in [5.74, 6) is 0.453. The van der Waals surface area contributed by atoms with Crippen LogP contribution in [0, 0.1) is 0 Å². The van der Waals surface area contributed by atoms with E-state index in [1.165, 1.54) is 11.1 Å². The molecule has 1 heteroatoms. The Hall–Kier alpha value is -1.24. The van der Waals surface area contributed by atoms with Crippen LogP contribution in [0.1, 0.15) is 18.4 Å². The van der Waals surface area contributed by atoms with Crippen molar-refractivity contribution in [3.63, 3.8) is 0 Å².